The van der Waals surface area contributed by atoms with Crippen molar-refractivity contribution in [3.05, 3.63) is 107 Å². The van der Waals surface area contributed by atoms with Crippen molar-refractivity contribution in [2.75, 3.05) is 26.2 Å². The summed E-state index contributed by atoms with van der Waals surface area (Å²) in [4.78, 5) is 22.6. The van der Waals surface area contributed by atoms with Gasteiger partial charge in [-0.2, -0.15) is 0 Å². The van der Waals surface area contributed by atoms with Gasteiger partial charge >= 0.3 is 11.9 Å². The molecule has 7 nitrogen and oxygen atoms in total. The Labute approximate surface area is 197 Å². The van der Waals surface area contributed by atoms with Crippen LogP contribution in [0.5, 0.6) is 0 Å². The molecule has 1 heterocycles. The van der Waals surface area contributed by atoms with Crippen LogP contribution >= 0.6 is 0 Å². The Hall–Kier alpha value is -3.59. The third-order valence-electron chi connectivity index (χ3n) is 5.72. The molecule has 3 aromatic rings. The van der Waals surface area contributed by atoms with Gasteiger partial charge in [0.2, 0.25) is 0 Å². The minimum atomic E-state index is -1.82. The van der Waals surface area contributed by atoms with Crippen molar-refractivity contribution in [1.29, 1.82) is 0 Å². The van der Waals surface area contributed by atoms with Crippen LogP contribution < -0.4 is 0 Å². The van der Waals surface area contributed by atoms with Crippen LogP contribution in [0.2, 0.25) is 0 Å². The molecule has 8 heteroatoms. The molecule has 3 N–H and O–H groups in total. The lowest BCUT2D eigenvalue weighted by atomic mass is 9.92. The molecule has 0 bridgehead atoms. The molecule has 1 aliphatic heterocycles. The Balaban J connectivity index is 0.000000481. The second-order valence-corrected chi connectivity index (χ2v) is 7.87. The summed E-state index contributed by atoms with van der Waals surface area (Å²) < 4.78 is 14.0. The summed E-state index contributed by atoms with van der Waals surface area (Å²) in [5.74, 6) is -3.81. The van der Waals surface area contributed by atoms with E-state index in [1.807, 2.05) is 72.8 Å². The van der Waals surface area contributed by atoms with Crippen LogP contribution in [-0.4, -0.2) is 63.2 Å². The van der Waals surface area contributed by atoms with Crippen molar-refractivity contribution in [3.8, 4) is 0 Å². The summed E-state index contributed by atoms with van der Waals surface area (Å²) in [5, 5.41) is 26.6. The molecule has 1 fully saturated rings. The number of aliphatic hydroxyl groups is 1. The first kappa shape index (κ1) is 25.0. The lowest BCUT2D eigenvalue weighted by molar-refractivity contribution is -0.159. The average Bonchev–Trinajstić information content (AvgIpc) is 2.87. The van der Waals surface area contributed by atoms with Gasteiger partial charge in [0, 0.05) is 49.4 Å². The van der Waals surface area contributed by atoms with Gasteiger partial charge in [0.05, 0.1) is 0 Å². The summed E-state index contributed by atoms with van der Waals surface area (Å²) in [6, 6.07) is 26.6. The van der Waals surface area contributed by atoms with Gasteiger partial charge in [0.1, 0.15) is 5.82 Å². The SMILES string of the molecule is O=C(O)C(=O)O.OC(c1ccccc1)(c1ccccc1)N1CCN(Cc2ccccc2F)CC1. The van der Waals surface area contributed by atoms with E-state index in [9.17, 15) is 9.50 Å². The predicted octanol–water partition coefficient (Wildman–Crippen LogP) is 2.99. The Morgan fingerprint density at radius 1 is 0.735 bits per heavy atom. The normalized spacial score (nSPS) is 14.6. The summed E-state index contributed by atoms with van der Waals surface area (Å²) in [7, 11) is 0. The molecule has 1 saturated heterocycles. The van der Waals surface area contributed by atoms with Crippen molar-refractivity contribution < 1.29 is 29.3 Å². The van der Waals surface area contributed by atoms with Crippen LogP contribution in [0.1, 0.15) is 16.7 Å². The van der Waals surface area contributed by atoms with E-state index in [1.165, 1.54) is 6.07 Å². The Morgan fingerprint density at radius 3 is 1.62 bits per heavy atom. The molecule has 0 aliphatic carbocycles. The Morgan fingerprint density at radius 2 is 1.18 bits per heavy atom. The largest absolute Gasteiger partial charge is 0.473 e. The molecule has 178 valence electrons. The molecule has 0 radical (unpaired) electrons. The van der Waals surface area contributed by atoms with Crippen molar-refractivity contribution in [2.24, 2.45) is 0 Å². The first-order valence-corrected chi connectivity index (χ1v) is 10.8. The Kier molecular flexibility index (Phi) is 8.48. The number of nitrogens with zero attached hydrogens (tertiary/aromatic N) is 2. The van der Waals surface area contributed by atoms with E-state index >= 15 is 0 Å². The quantitative estimate of drug-likeness (QED) is 0.497. The Bertz CT molecular complexity index is 1040. The lowest BCUT2D eigenvalue weighted by Gasteiger charge is -2.45. The molecule has 3 aromatic carbocycles. The zero-order chi connectivity index (χ0) is 24.6. The number of piperazine rings is 1. The highest BCUT2D eigenvalue weighted by atomic mass is 19.1. The number of aliphatic carboxylic acids is 2. The molecule has 0 aromatic heterocycles. The number of carboxylic acid groups (broad SMARTS) is 2. The average molecular weight is 467 g/mol. The van der Waals surface area contributed by atoms with E-state index in [0.717, 1.165) is 29.8 Å². The second kappa shape index (κ2) is 11.5. The number of halogens is 1. The van der Waals surface area contributed by atoms with Gasteiger partial charge in [-0.25, -0.2) is 14.0 Å². The van der Waals surface area contributed by atoms with Gasteiger partial charge in [0.15, 0.2) is 5.72 Å². The number of rotatable bonds is 5. The van der Waals surface area contributed by atoms with E-state index in [4.69, 9.17) is 19.8 Å². The van der Waals surface area contributed by atoms with E-state index in [0.29, 0.717) is 19.6 Å². The zero-order valence-corrected chi connectivity index (χ0v) is 18.5. The van der Waals surface area contributed by atoms with E-state index in [1.54, 1.807) is 6.07 Å². The molecular weight excluding hydrogens is 439 g/mol. The minimum Gasteiger partial charge on any atom is -0.473 e. The fourth-order valence-electron chi connectivity index (χ4n) is 3.97. The zero-order valence-electron chi connectivity index (χ0n) is 18.5. The van der Waals surface area contributed by atoms with E-state index in [2.05, 4.69) is 9.80 Å². The van der Waals surface area contributed by atoms with Gasteiger partial charge < -0.3 is 15.3 Å². The van der Waals surface area contributed by atoms with Crippen molar-refractivity contribution in [2.45, 2.75) is 12.3 Å². The second-order valence-electron chi connectivity index (χ2n) is 7.87. The molecule has 0 spiro atoms. The third kappa shape index (κ3) is 6.05. The molecule has 34 heavy (non-hydrogen) atoms. The smallest absolute Gasteiger partial charge is 0.414 e. The summed E-state index contributed by atoms with van der Waals surface area (Å²) in [5.41, 5.74) is 1.27. The minimum absolute atomic E-state index is 0.157. The molecule has 0 atom stereocenters. The van der Waals surface area contributed by atoms with E-state index in [-0.39, 0.29) is 5.82 Å². The monoisotopic (exact) mass is 466 g/mol. The first-order chi connectivity index (χ1) is 16.3. The summed E-state index contributed by atoms with van der Waals surface area (Å²) >= 11 is 0. The molecule has 1 aliphatic rings. The highest BCUT2D eigenvalue weighted by Gasteiger charge is 2.39. The van der Waals surface area contributed by atoms with Crippen LogP contribution in [0.25, 0.3) is 0 Å². The fourth-order valence-corrected chi connectivity index (χ4v) is 3.97. The van der Waals surface area contributed by atoms with Crippen LogP contribution in [0.4, 0.5) is 4.39 Å². The topological polar surface area (TPSA) is 101 Å². The maximum Gasteiger partial charge on any atom is 0.414 e. The number of benzene rings is 3. The van der Waals surface area contributed by atoms with Crippen molar-refractivity contribution in [3.63, 3.8) is 0 Å². The highest BCUT2D eigenvalue weighted by molar-refractivity contribution is 6.27. The molecule has 0 amide bonds. The number of hydrogen-bond acceptors (Lipinski definition) is 5. The third-order valence-corrected chi connectivity index (χ3v) is 5.72. The van der Waals surface area contributed by atoms with Crippen LogP contribution in [0.3, 0.4) is 0 Å². The maximum absolute atomic E-state index is 14.0. The van der Waals surface area contributed by atoms with E-state index < -0.39 is 17.7 Å². The van der Waals surface area contributed by atoms with Crippen LogP contribution in [0.15, 0.2) is 84.9 Å². The summed E-state index contributed by atoms with van der Waals surface area (Å²) in [6.45, 7) is 3.55. The number of carboxylic acids is 2. The standard InChI is InChI=1S/C24H25FN2O.C2H2O4/c25-23-14-8-7-9-20(23)19-26-15-17-27(18-16-26)24(28,21-10-3-1-4-11-21)22-12-5-2-6-13-22;3-1(4)2(5)6/h1-14,28H,15-19H2;(H,3,4)(H,5,6). The van der Waals surface area contributed by atoms with Crippen molar-refractivity contribution >= 4 is 11.9 Å². The highest BCUT2D eigenvalue weighted by Crippen LogP contribution is 2.34. The molecule has 0 saturated carbocycles. The maximum atomic E-state index is 14.0. The molecule has 0 unspecified atom stereocenters. The van der Waals surface area contributed by atoms with Gasteiger partial charge in [-0.1, -0.05) is 78.9 Å². The lowest BCUT2D eigenvalue weighted by Crippen LogP contribution is -2.55. The first-order valence-electron chi connectivity index (χ1n) is 10.8. The van der Waals surface area contributed by atoms with Crippen molar-refractivity contribution in [1.82, 2.24) is 9.80 Å². The van der Waals surface area contributed by atoms with Crippen LogP contribution in [0, 0.1) is 5.82 Å². The van der Waals surface area contributed by atoms with Gasteiger partial charge in [0.25, 0.3) is 0 Å². The molecule has 4 rings (SSSR count). The van der Waals surface area contributed by atoms with Gasteiger partial charge in [-0.15, -0.1) is 0 Å². The number of carbonyl (C=O) groups is 2. The predicted molar refractivity (Wildman–Crippen MR) is 124 cm³/mol. The summed E-state index contributed by atoms with van der Waals surface area (Å²) in [6.07, 6.45) is 0. The fraction of sp³-hybridized carbons (Fsp3) is 0.231. The molecular formula is C26H27FN2O5. The van der Waals surface area contributed by atoms with Crippen LogP contribution in [-0.2, 0) is 21.9 Å². The van der Waals surface area contributed by atoms with Gasteiger partial charge in [-0.3, -0.25) is 9.80 Å². The number of hydrogen-bond donors (Lipinski definition) is 3. The van der Waals surface area contributed by atoms with Gasteiger partial charge in [-0.05, 0) is 6.07 Å².